The molecule has 0 N–H and O–H groups in total. The summed E-state index contributed by atoms with van der Waals surface area (Å²) < 4.78 is 5.26. The molecule has 2 amide bonds. The van der Waals surface area contributed by atoms with Crippen LogP contribution in [0.15, 0.2) is 60.3 Å². The predicted molar refractivity (Wildman–Crippen MR) is 122 cm³/mol. The van der Waals surface area contributed by atoms with Crippen LogP contribution in [0, 0.1) is 5.92 Å². The second kappa shape index (κ2) is 8.84. The number of methoxy groups -OCH3 is 1. The number of carbonyl (C=O) groups excluding carboxylic acids is 2. The van der Waals surface area contributed by atoms with Gasteiger partial charge in [-0.05, 0) is 35.7 Å². The van der Waals surface area contributed by atoms with E-state index >= 15 is 0 Å². The van der Waals surface area contributed by atoms with E-state index in [1.165, 1.54) is 10.6 Å². The Kier molecular flexibility index (Phi) is 5.98. The molecule has 0 bridgehead atoms. The molecule has 4 rings (SSSR count). The lowest BCUT2D eigenvalue weighted by Gasteiger charge is -2.37. The average Bonchev–Trinajstić information content (AvgIpc) is 3.04. The summed E-state index contributed by atoms with van der Waals surface area (Å²) in [5.74, 6) is 0.541. The van der Waals surface area contributed by atoms with E-state index < -0.39 is 0 Å². The number of imide groups is 1. The maximum atomic E-state index is 13.4. The molecule has 31 heavy (non-hydrogen) atoms. The summed E-state index contributed by atoms with van der Waals surface area (Å²) in [6, 6.07) is 17.7. The highest BCUT2D eigenvalue weighted by molar-refractivity contribution is 6.35. The van der Waals surface area contributed by atoms with Gasteiger partial charge in [0.25, 0.3) is 11.8 Å². The van der Waals surface area contributed by atoms with Gasteiger partial charge in [0.05, 0.1) is 12.7 Å². The summed E-state index contributed by atoms with van der Waals surface area (Å²) in [5, 5.41) is 0. The minimum Gasteiger partial charge on any atom is -0.497 e. The van der Waals surface area contributed by atoms with E-state index in [4.69, 9.17) is 4.74 Å². The topological polar surface area (TPSA) is 53.1 Å². The van der Waals surface area contributed by atoms with Crippen molar-refractivity contribution in [3.05, 3.63) is 65.9 Å². The smallest absolute Gasteiger partial charge is 0.277 e. The van der Waals surface area contributed by atoms with Crippen molar-refractivity contribution in [1.29, 1.82) is 0 Å². The van der Waals surface area contributed by atoms with Crippen LogP contribution in [-0.2, 0) is 9.59 Å². The fourth-order valence-electron chi connectivity index (χ4n) is 4.23. The number of benzene rings is 2. The molecule has 0 unspecified atom stereocenters. The molecule has 2 heterocycles. The summed E-state index contributed by atoms with van der Waals surface area (Å²) in [6.07, 6.45) is 0. The van der Waals surface area contributed by atoms with E-state index in [1.54, 1.807) is 7.11 Å². The molecule has 2 aliphatic heterocycles. The fourth-order valence-corrected chi connectivity index (χ4v) is 4.23. The van der Waals surface area contributed by atoms with Crippen molar-refractivity contribution in [1.82, 2.24) is 9.80 Å². The number of rotatable bonds is 6. The zero-order valence-electron chi connectivity index (χ0n) is 18.4. The Labute approximate surface area is 183 Å². The third-order valence-electron chi connectivity index (χ3n) is 5.79. The first-order valence-corrected chi connectivity index (χ1v) is 10.8. The highest BCUT2D eigenvalue weighted by atomic mass is 16.5. The number of piperazine rings is 1. The lowest BCUT2D eigenvalue weighted by molar-refractivity contribution is -0.138. The van der Waals surface area contributed by atoms with Gasteiger partial charge in [-0.25, -0.2) is 0 Å². The molecule has 0 atom stereocenters. The Hall–Kier alpha value is -3.28. The van der Waals surface area contributed by atoms with E-state index in [1.807, 2.05) is 56.3 Å². The molecule has 2 aromatic rings. The number of hydrogen-bond acceptors (Lipinski definition) is 5. The van der Waals surface area contributed by atoms with Gasteiger partial charge in [0.15, 0.2) is 0 Å². The monoisotopic (exact) mass is 419 g/mol. The number of anilines is 1. The fraction of sp³-hybridized carbons (Fsp3) is 0.360. The molecule has 0 aromatic heterocycles. The Morgan fingerprint density at radius 3 is 2.03 bits per heavy atom. The van der Waals surface area contributed by atoms with Gasteiger partial charge in [-0.15, -0.1) is 0 Å². The van der Waals surface area contributed by atoms with Gasteiger partial charge in [-0.2, -0.15) is 0 Å². The van der Waals surface area contributed by atoms with E-state index in [-0.39, 0.29) is 17.7 Å². The van der Waals surface area contributed by atoms with Gasteiger partial charge in [0, 0.05) is 38.4 Å². The predicted octanol–water partition coefficient (Wildman–Crippen LogP) is 3.25. The molecule has 162 valence electrons. The third kappa shape index (κ3) is 4.15. The number of nitrogens with zero attached hydrogens (tertiary/aromatic N) is 3. The van der Waals surface area contributed by atoms with E-state index in [0.717, 1.165) is 24.4 Å². The van der Waals surface area contributed by atoms with Crippen molar-refractivity contribution in [2.45, 2.75) is 13.8 Å². The molecule has 6 heteroatoms. The van der Waals surface area contributed by atoms with Crippen LogP contribution < -0.4 is 9.64 Å². The van der Waals surface area contributed by atoms with Crippen LogP contribution in [0.4, 0.5) is 5.69 Å². The largest absolute Gasteiger partial charge is 0.497 e. The molecule has 2 aromatic carbocycles. The average molecular weight is 420 g/mol. The number of ether oxygens (including phenoxy) is 1. The molecule has 0 saturated carbocycles. The Balaban J connectivity index is 1.64. The summed E-state index contributed by atoms with van der Waals surface area (Å²) in [5.41, 5.74) is 2.97. The normalized spacial score (nSPS) is 17.2. The van der Waals surface area contributed by atoms with Crippen LogP contribution in [-0.4, -0.2) is 61.4 Å². The minimum atomic E-state index is -0.204. The van der Waals surface area contributed by atoms with Gasteiger partial charge >= 0.3 is 0 Å². The second-order valence-electron chi connectivity index (χ2n) is 8.38. The Morgan fingerprint density at radius 2 is 1.45 bits per heavy atom. The lowest BCUT2D eigenvalue weighted by Crippen LogP contribution is -2.47. The van der Waals surface area contributed by atoms with Gasteiger partial charge < -0.3 is 14.5 Å². The number of carbonyl (C=O) groups is 2. The molecular formula is C25H29N3O3. The van der Waals surface area contributed by atoms with Crippen LogP contribution in [0.2, 0.25) is 0 Å². The molecule has 0 radical (unpaired) electrons. The maximum Gasteiger partial charge on any atom is 0.277 e. The summed E-state index contributed by atoms with van der Waals surface area (Å²) in [6.45, 7) is 7.44. The van der Waals surface area contributed by atoms with Crippen LogP contribution >= 0.6 is 0 Å². The Morgan fingerprint density at radius 1 is 0.839 bits per heavy atom. The molecule has 6 nitrogen and oxygen atoms in total. The van der Waals surface area contributed by atoms with Gasteiger partial charge in [0.2, 0.25) is 0 Å². The van der Waals surface area contributed by atoms with Crippen LogP contribution in [0.1, 0.15) is 19.4 Å². The van der Waals surface area contributed by atoms with Crippen LogP contribution in [0.5, 0.6) is 5.75 Å². The summed E-state index contributed by atoms with van der Waals surface area (Å²) in [4.78, 5) is 32.5. The van der Waals surface area contributed by atoms with Crippen molar-refractivity contribution in [3.63, 3.8) is 0 Å². The van der Waals surface area contributed by atoms with Crippen molar-refractivity contribution in [2.75, 3.05) is 44.7 Å². The standard InChI is InChI=1S/C25H29N3O3/c1-18(2)17-28-24(29)22(19-9-11-21(31-3)12-10-19)23(25(28)30)27-15-13-26(14-16-27)20-7-5-4-6-8-20/h4-12,18H,13-17H2,1-3H3. The molecule has 0 spiro atoms. The zero-order valence-corrected chi connectivity index (χ0v) is 18.4. The molecule has 1 fully saturated rings. The highest BCUT2D eigenvalue weighted by Crippen LogP contribution is 2.33. The first kappa shape index (κ1) is 21.0. The van der Waals surface area contributed by atoms with Gasteiger partial charge in [0.1, 0.15) is 11.4 Å². The number of amides is 2. The molecule has 2 aliphatic rings. The van der Waals surface area contributed by atoms with Gasteiger partial charge in [-0.1, -0.05) is 44.2 Å². The summed E-state index contributed by atoms with van der Waals surface area (Å²) >= 11 is 0. The third-order valence-corrected chi connectivity index (χ3v) is 5.79. The molecular weight excluding hydrogens is 390 g/mol. The van der Waals surface area contributed by atoms with Gasteiger partial charge in [-0.3, -0.25) is 14.5 Å². The second-order valence-corrected chi connectivity index (χ2v) is 8.38. The molecule has 1 saturated heterocycles. The van der Waals surface area contributed by atoms with E-state index in [0.29, 0.717) is 30.9 Å². The lowest BCUT2D eigenvalue weighted by atomic mass is 10.0. The number of para-hydroxylation sites is 1. The first-order valence-electron chi connectivity index (χ1n) is 10.8. The SMILES string of the molecule is COc1ccc(C2=C(N3CCN(c4ccccc4)CC3)C(=O)N(CC(C)C)C2=O)cc1. The van der Waals surface area contributed by atoms with E-state index in [9.17, 15) is 9.59 Å². The Bertz CT molecular complexity index is 975. The number of hydrogen-bond donors (Lipinski definition) is 0. The zero-order chi connectivity index (χ0) is 22.0. The maximum absolute atomic E-state index is 13.4. The quantitative estimate of drug-likeness (QED) is 0.673. The van der Waals surface area contributed by atoms with E-state index in [2.05, 4.69) is 21.9 Å². The first-order chi connectivity index (χ1) is 15.0. The minimum absolute atomic E-state index is 0.183. The van der Waals surface area contributed by atoms with Crippen LogP contribution in [0.3, 0.4) is 0 Å². The highest BCUT2D eigenvalue weighted by Gasteiger charge is 2.42. The van der Waals surface area contributed by atoms with Crippen molar-refractivity contribution in [3.8, 4) is 5.75 Å². The molecule has 0 aliphatic carbocycles. The summed E-state index contributed by atoms with van der Waals surface area (Å²) in [7, 11) is 1.61. The van der Waals surface area contributed by atoms with Crippen molar-refractivity contribution >= 4 is 23.1 Å². The van der Waals surface area contributed by atoms with Crippen molar-refractivity contribution < 1.29 is 14.3 Å². The van der Waals surface area contributed by atoms with Crippen LogP contribution in [0.25, 0.3) is 5.57 Å². The van der Waals surface area contributed by atoms with Crippen molar-refractivity contribution in [2.24, 2.45) is 5.92 Å².